The topological polar surface area (TPSA) is 28.3 Å². The molecule has 2 aromatic carbocycles. The van der Waals surface area contributed by atoms with E-state index in [1.54, 1.807) is 0 Å². The Morgan fingerprint density at radius 3 is 2.62 bits per heavy atom. The first-order valence-electron chi connectivity index (χ1n) is 9.53. The summed E-state index contributed by atoms with van der Waals surface area (Å²) in [7, 11) is 0. The van der Waals surface area contributed by atoms with Gasteiger partial charge >= 0.3 is 0 Å². The number of H-pyrrole nitrogens is 1. The predicted molar refractivity (Wildman–Crippen MR) is 106 cm³/mol. The highest BCUT2D eigenvalue weighted by Crippen LogP contribution is 2.42. The summed E-state index contributed by atoms with van der Waals surface area (Å²) in [6.45, 7) is 5.21. The van der Waals surface area contributed by atoms with Gasteiger partial charge in [-0.1, -0.05) is 30.3 Å². The number of allylic oxidation sites excluding steroid dienone is 1. The van der Waals surface area contributed by atoms with Gasteiger partial charge in [0.2, 0.25) is 0 Å². The number of nitrogens with one attached hydrogen (secondary N) is 1. The van der Waals surface area contributed by atoms with Crippen LogP contribution < -0.4 is 4.74 Å². The molecule has 3 nitrogen and oxygen atoms in total. The highest BCUT2D eigenvalue weighted by Gasteiger charge is 2.30. The summed E-state index contributed by atoms with van der Waals surface area (Å²) in [6, 6.07) is 16.8. The van der Waals surface area contributed by atoms with Crippen molar-refractivity contribution < 1.29 is 4.74 Å². The van der Waals surface area contributed by atoms with Crippen LogP contribution in [0.1, 0.15) is 29.7 Å². The minimum atomic E-state index is 0.601. The van der Waals surface area contributed by atoms with Gasteiger partial charge in [-0.25, -0.2) is 0 Å². The molecular formula is C23H24N2O. The lowest BCUT2D eigenvalue weighted by atomic mass is 9.81. The first-order valence-corrected chi connectivity index (χ1v) is 9.53. The molecule has 1 saturated heterocycles. The van der Waals surface area contributed by atoms with E-state index < -0.39 is 0 Å². The van der Waals surface area contributed by atoms with Crippen LogP contribution in [0.4, 0.5) is 0 Å². The van der Waals surface area contributed by atoms with Crippen molar-refractivity contribution in [3.63, 3.8) is 0 Å². The van der Waals surface area contributed by atoms with Gasteiger partial charge in [-0.3, -0.25) is 0 Å². The molecule has 3 aromatic rings. The van der Waals surface area contributed by atoms with Crippen molar-refractivity contribution in [2.75, 3.05) is 13.1 Å². The minimum absolute atomic E-state index is 0.601. The monoisotopic (exact) mass is 344 g/mol. The van der Waals surface area contributed by atoms with Gasteiger partial charge < -0.3 is 14.6 Å². The van der Waals surface area contributed by atoms with Crippen molar-refractivity contribution in [3.05, 3.63) is 71.6 Å². The SMILES string of the molecule is Cc1[nH]c2ccc(OCc3ccccc3)cc2c1C1=CN2CCC1CC2. The summed E-state index contributed by atoms with van der Waals surface area (Å²) in [4.78, 5) is 6.05. The van der Waals surface area contributed by atoms with E-state index in [0.717, 1.165) is 5.75 Å². The van der Waals surface area contributed by atoms with E-state index in [1.165, 1.54) is 59.2 Å². The van der Waals surface area contributed by atoms with Crippen LogP contribution in [0.5, 0.6) is 5.75 Å². The Balaban J connectivity index is 1.50. The fourth-order valence-corrected chi connectivity index (χ4v) is 4.42. The molecule has 4 heterocycles. The van der Waals surface area contributed by atoms with E-state index in [9.17, 15) is 0 Å². The molecule has 3 aliphatic rings. The normalized spacial score (nSPS) is 17.0. The summed E-state index contributed by atoms with van der Waals surface area (Å²) in [6.07, 6.45) is 4.95. The van der Waals surface area contributed by atoms with Crippen molar-refractivity contribution in [2.24, 2.45) is 5.92 Å². The van der Waals surface area contributed by atoms with E-state index >= 15 is 0 Å². The summed E-state index contributed by atoms with van der Waals surface area (Å²) in [5.41, 5.74) is 6.55. The summed E-state index contributed by atoms with van der Waals surface area (Å²) < 4.78 is 6.07. The number of rotatable bonds is 4. The molecule has 6 rings (SSSR count). The van der Waals surface area contributed by atoms with Crippen molar-refractivity contribution in [1.82, 2.24) is 9.88 Å². The fraction of sp³-hybridized carbons (Fsp3) is 0.304. The van der Waals surface area contributed by atoms with Crippen LogP contribution in [-0.4, -0.2) is 23.0 Å². The van der Waals surface area contributed by atoms with Gasteiger partial charge in [0.05, 0.1) is 0 Å². The van der Waals surface area contributed by atoms with E-state index in [1.807, 2.05) is 6.07 Å². The summed E-state index contributed by atoms with van der Waals surface area (Å²) >= 11 is 0. The van der Waals surface area contributed by atoms with Crippen LogP contribution in [0.15, 0.2) is 54.7 Å². The van der Waals surface area contributed by atoms with Crippen molar-refractivity contribution in [2.45, 2.75) is 26.4 Å². The van der Waals surface area contributed by atoms with Gasteiger partial charge in [-0.15, -0.1) is 0 Å². The molecule has 0 unspecified atom stereocenters. The van der Waals surface area contributed by atoms with E-state index in [0.29, 0.717) is 12.5 Å². The molecular weight excluding hydrogens is 320 g/mol. The maximum atomic E-state index is 6.07. The van der Waals surface area contributed by atoms with Crippen molar-refractivity contribution >= 4 is 16.5 Å². The third kappa shape index (κ3) is 2.68. The van der Waals surface area contributed by atoms with E-state index in [2.05, 4.69) is 65.5 Å². The number of nitrogens with zero attached hydrogens (tertiary/aromatic N) is 1. The largest absolute Gasteiger partial charge is 0.489 e. The number of aromatic nitrogens is 1. The van der Waals surface area contributed by atoms with Gasteiger partial charge in [0, 0.05) is 41.4 Å². The van der Waals surface area contributed by atoms with Gasteiger partial charge in [0.1, 0.15) is 12.4 Å². The highest BCUT2D eigenvalue weighted by atomic mass is 16.5. The molecule has 0 spiro atoms. The Hall–Kier alpha value is -2.68. The van der Waals surface area contributed by atoms with Crippen LogP contribution in [0.25, 0.3) is 16.5 Å². The average molecular weight is 344 g/mol. The molecule has 0 atom stereocenters. The minimum Gasteiger partial charge on any atom is -0.489 e. The maximum Gasteiger partial charge on any atom is 0.120 e. The zero-order valence-corrected chi connectivity index (χ0v) is 15.2. The molecule has 132 valence electrons. The predicted octanol–water partition coefficient (Wildman–Crippen LogP) is 5.12. The molecule has 0 radical (unpaired) electrons. The quantitative estimate of drug-likeness (QED) is 0.711. The first-order chi connectivity index (χ1) is 12.8. The lowest BCUT2D eigenvalue weighted by molar-refractivity contribution is 0.252. The second kappa shape index (κ2) is 6.24. The molecule has 3 aliphatic heterocycles. The molecule has 3 heteroatoms. The summed E-state index contributed by atoms with van der Waals surface area (Å²) in [5, 5.41) is 1.29. The second-order valence-electron chi connectivity index (χ2n) is 7.50. The highest BCUT2D eigenvalue weighted by molar-refractivity contribution is 5.95. The Bertz CT molecular complexity index is 963. The van der Waals surface area contributed by atoms with Crippen LogP contribution in [-0.2, 0) is 6.61 Å². The average Bonchev–Trinajstić information content (AvgIpc) is 3.03. The van der Waals surface area contributed by atoms with E-state index in [-0.39, 0.29) is 0 Å². The molecule has 0 amide bonds. The Labute approximate surface area is 154 Å². The number of ether oxygens (including phenoxy) is 1. The lowest BCUT2D eigenvalue weighted by Gasteiger charge is -2.39. The molecule has 0 saturated carbocycles. The van der Waals surface area contributed by atoms with Crippen LogP contribution in [0, 0.1) is 12.8 Å². The number of hydrogen-bond donors (Lipinski definition) is 1. The number of aromatic amines is 1. The number of piperidine rings is 1. The van der Waals surface area contributed by atoms with E-state index in [4.69, 9.17) is 4.74 Å². The number of benzene rings is 2. The molecule has 2 bridgehead atoms. The second-order valence-corrected chi connectivity index (χ2v) is 7.50. The fourth-order valence-electron chi connectivity index (χ4n) is 4.42. The van der Waals surface area contributed by atoms with Crippen LogP contribution in [0.3, 0.4) is 0 Å². The zero-order chi connectivity index (χ0) is 17.5. The third-order valence-electron chi connectivity index (χ3n) is 5.79. The molecule has 26 heavy (non-hydrogen) atoms. The summed E-state index contributed by atoms with van der Waals surface area (Å²) in [5.74, 6) is 1.63. The Morgan fingerprint density at radius 1 is 1.08 bits per heavy atom. The number of fused-ring (bicyclic) bond motifs is 3. The van der Waals surface area contributed by atoms with Gasteiger partial charge in [-0.2, -0.15) is 0 Å². The molecule has 1 N–H and O–H groups in total. The van der Waals surface area contributed by atoms with Crippen LogP contribution in [0.2, 0.25) is 0 Å². The van der Waals surface area contributed by atoms with Gasteiger partial charge in [-0.05, 0) is 55.0 Å². The number of hydrogen-bond acceptors (Lipinski definition) is 2. The molecule has 0 aliphatic carbocycles. The third-order valence-corrected chi connectivity index (χ3v) is 5.79. The first kappa shape index (κ1) is 15.6. The molecule has 1 aromatic heterocycles. The molecule has 1 fully saturated rings. The zero-order valence-electron chi connectivity index (χ0n) is 15.2. The van der Waals surface area contributed by atoms with Crippen LogP contribution >= 0.6 is 0 Å². The Kier molecular flexibility index (Phi) is 3.74. The van der Waals surface area contributed by atoms with Gasteiger partial charge in [0.15, 0.2) is 0 Å². The lowest BCUT2D eigenvalue weighted by Crippen LogP contribution is -2.35. The van der Waals surface area contributed by atoms with Crippen molar-refractivity contribution in [3.8, 4) is 5.75 Å². The van der Waals surface area contributed by atoms with Crippen molar-refractivity contribution in [1.29, 1.82) is 0 Å². The number of aryl methyl sites for hydroxylation is 1. The smallest absolute Gasteiger partial charge is 0.120 e. The Morgan fingerprint density at radius 2 is 1.88 bits per heavy atom. The standard InChI is InChI=1S/C23H24N2O/c1-16-23(21-14-25-11-9-18(21)10-12-25)20-13-19(7-8-22(20)24-16)26-15-17-5-3-2-4-6-17/h2-8,13-14,18,24H,9-12,15H2,1H3. The maximum absolute atomic E-state index is 6.07. The van der Waals surface area contributed by atoms with Gasteiger partial charge in [0.25, 0.3) is 0 Å².